The first kappa shape index (κ1) is 15.3. The minimum Gasteiger partial charge on any atom is -0.454 e. The summed E-state index contributed by atoms with van der Waals surface area (Å²) < 4.78 is 29.6. The second-order valence-electron chi connectivity index (χ2n) is 4.09. The fraction of sp³-hybridized carbons (Fsp3) is 0.333. The molecule has 0 aliphatic rings. The monoisotopic (exact) mass is 285 g/mol. The predicted octanol–water partition coefficient (Wildman–Crippen LogP) is 0.683. The molecule has 0 bridgehead atoms. The minimum absolute atomic E-state index is 0.00484. The molecule has 0 spiro atoms. The Morgan fingerprint density at radius 2 is 1.89 bits per heavy atom. The molecule has 0 unspecified atom stereocenters. The van der Waals surface area contributed by atoms with Crippen molar-refractivity contribution in [1.29, 1.82) is 0 Å². The molecule has 0 aromatic heterocycles. The predicted molar refractivity (Wildman–Crippen MR) is 68.3 cm³/mol. The van der Waals surface area contributed by atoms with Gasteiger partial charge in [0.05, 0.1) is 10.5 Å². The van der Waals surface area contributed by atoms with Crippen LogP contribution in [0.5, 0.6) is 0 Å². The van der Waals surface area contributed by atoms with Gasteiger partial charge in [-0.15, -0.1) is 0 Å². The van der Waals surface area contributed by atoms with Gasteiger partial charge in [0, 0.05) is 14.1 Å². The minimum atomic E-state index is -3.61. The first-order valence-electron chi connectivity index (χ1n) is 5.44. The van der Waals surface area contributed by atoms with Crippen molar-refractivity contribution in [2.24, 2.45) is 0 Å². The van der Waals surface area contributed by atoms with Crippen LogP contribution in [0.3, 0.4) is 0 Å². The van der Waals surface area contributed by atoms with E-state index in [9.17, 15) is 18.0 Å². The number of ketones is 1. The van der Waals surface area contributed by atoms with Gasteiger partial charge in [0.15, 0.2) is 5.78 Å². The van der Waals surface area contributed by atoms with E-state index in [4.69, 9.17) is 4.74 Å². The summed E-state index contributed by atoms with van der Waals surface area (Å²) in [7, 11) is -0.808. The van der Waals surface area contributed by atoms with Gasteiger partial charge in [0.2, 0.25) is 10.0 Å². The fourth-order valence-corrected chi connectivity index (χ4v) is 2.19. The average molecular weight is 285 g/mol. The van der Waals surface area contributed by atoms with E-state index in [0.29, 0.717) is 0 Å². The molecule has 0 atom stereocenters. The van der Waals surface area contributed by atoms with Gasteiger partial charge in [-0.1, -0.05) is 6.07 Å². The number of esters is 1. The van der Waals surface area contributed by atoms with Crippen LogP contribution in [-0.2, 0) is 19.6 Å². The SMILES string of the molecule is CC(=O)COC(=O)c1cccc(S(=O)(=O)N(C)C)c1. The van der Waals surface area contributed by atoms with E-state index in [2.05, 4.69) is 0 Å². The van der Waals surface area contributed by atoms with E-state index in [1.807, 2.05) is 0 Å². The summed E-state index contributed by atoms with van der Waals surface area (Å²) in [6, 6.07) is 5.48. The highest BCUT2D eigenvalue weighted by Gasteiger charge is 2.19. The summed E-state index contributed by atoms with van der Waals surface area (Å²) in [5, 5.41) is 0. The Morgan fingerprint density at radius 1 is 1.26 bits per heavy atom. The van der Waals surface area contributed by atoms with Gasteiger partial charge in [-0.05, 0) is 25.1 Å². The summed E-state index contributed by atoms with van der Waals surface area (Å²) in [5.74, 6) is -1.02. The Bertz CT molecular complexity index is 592. The Morgan fingerprint density at radius 3 is 2.42 bits per heavy atom. The van der Waals surface area contributed by atoms with Crippen LogP contribution in [0.2, 0.25) is 0 Å². The lowest BCUT2D eigenvalue weighted by atomic mass is 10.2. The zero-order chi connectivity index (χ0) is 14.6. The van der Waals surface area contributed by atoms with Crippen molar-refractivity contribution in [2.45, 2.75) is 11.8 Å². The third-order valence-electron chi connectivity index (χ3n) is 2.25. The van der Waals surface area contributed by atoms with Crippen molar-refractivity contribution in [3.63, 3.8) is 0 Å². The molecule has 0 saturated carbocycles. The average Bonchev–Trinajstić information content (AvgIpc) is 2.35. The molecular formula is C12H15NO5S. The normalized spacial score (nSPS) is 11.4. The first-order valence-corrected chi connectivity index (χ1v) is 6.88. The molecule has 7 heteroatoms. The highest BCUT2D eigenvalue weighted by Crippen LogP contribution is 2.15. The molecule has 6 nitrogen and oxygen atoms in total. The molecule has 0 fully saturated rings. The fourth-order valence-electron chi connectivity index (χ4n) is 1.24. The molecule has 0 N–H and O–H groups in total. The Hall–Kier alpha value is -1.73. The van der Waals surface area contributed by atoms with E-state index in [0.717, 1.165) is 4.31 Å². The van der Waals surface area contributed by atoms with Crippen molar-refractivity contribution < 1.29 is 22.7 Å². The second kappa shape index (κ2) is 5.94. The number of benzene rings is 1. The maximum atomic E-state index is 11.9. The lowest BCUT2D eigenvalue weighted by Gasteiger charge is -2.11. The van der Waals surface area contributed by atoms with Crippen LogP contribution in [0.4, 0.5) is 0 Å². The number of ether oxygens (including phenoxy) is 1. The maximum absolute atomic E-state index is 11.9. The molecule has 0 saturated heterocycles. The standard InChI is InChI=1S/C12H15NO5S/c1-9(14)8-18-12(15)10-5-4-6-11(7-10)19(16,17)13(2)3/h4-7H,8H2,1-3H3. The van der Waals surface area contributed by atoms with Crippen LogP contribution in [0.15, 0.2) is 29.2 Å². The highest BCUT2D eigenvalue weighted by molar-refractivity contribution is 7.89. The smallest absolute Gasteiger partial charge is 0.338 e. The molecule has 0 aliphatic heterocycles. The van der Waals surface area contributed by atoms with Crippen LogP contribution >= 0.6 is 0 Å². The largest absolute Gasteiger partial charge is 0.454 e. The number of Topliss-reactive ketones (excluding diaryl/α,β-unsaturated/α-hetero) is 1. The first-order chi connectivity index (χ1) is 8.75. The van der Waals surface area contributed by atoms with Crippen molar-refractivity contribution in [3.8, 4) is 0 Å². The molecule has 1 aromatic carbocycles. The molecule has 0 radical (unpaired) electrons. The quantitative estimate of drug-likeness (QED) is 0.743. The van der Waals surface area contributed by atoms with Crippen LogP contribution in [0.25, 0.3) is 0 Å². The summed E-state index contributed by atoms with van der Waals surface area (Å²) in [6.07, 6.45) is 0. The lowest BCUT2D eigenvalue weighted by molar-refractivity contribution is -0.120. The van der Waals surface area contributed by atoms with E-state index in [-0.39, 0.29) is 22.8 Å². The highest BCUT2D eigenvalue weighted by atomic mass is 32.2. The van der Waals surface area contributed by atoms with Crippen molar-refractivity contribution in [2.75, 3.05) is 20.7 Å². The molecule has 104 valence electrons. The van der Waals surface area contributed by atoms with Crippen molar-refractivity contribution in [1.82, 2.24) is 4.31 Å². The van der Waals surface area contributed by atoms with E-state index in [1.54, 1.807) is 0 Å². The third-order valence-corrected chi connectivity index (χ3v) is 4.07. The molecule has 1 aromatic rings. The zero-order valence-electron chi connectivity index (χ0n) is 10.9. The van der Waals surface area contributed by atoms with Crippen molar-refractivity contribution in [3.05, 3.63) is 29.8 Å². The number of hydrogen-bond donors (Lipinski definition) is 0. The maximum Gasteiger partial charge on any atom is 0.338 e. The number of nitrogens with zero attached hydrogens (tertiary/aromatic N) is 1. The lowest BCUT2D eigenvalue weighted by Crippen LogP contribution is -2.22. The van der Waals surface area contributed by atoms with E-state index >= 15 is 0 Å². The van der Waals surface area contributed by atoms with Gasteiger partial charge in [-0.2, -0.15) is 0 Å². The van der Waals surface area contributed by atoms with Crippen LogP contribution in [0, 0.1) is 0 Å². The molecule has 0 amide bonds. The van der Waals surface area contributed by atoms with Gasteiger partial charge >= 0.3 is 5.97 Å². The van der Waals surface area contributed by atoms with Crippen LogP contribution in [0.1, 0.15) is 17.3 Å². The summed E-state index contributed by atoms with van der Waals surface area (Å²) in [4.78, 5) is 22.3. The molecule has 0 aliphatic carbocycles. The van der Waals surface area contributed by atoms with E-state index in [1.165, 1.54) is 45.3 Å². The van der Waals surface area contributed by atoms with Gasteiger partial charge in [0.1, 0.15) is 6.61 Å². The Labute approximate surface area is 112 Å². The molecule has 0 heterocycles. The van der Waals surface area contributed by atoms with E-state index < -0.39 is 16.0 Å². The van der Waals surface area contributed by atoms with Gasteiger partial charge < -0.3 is 4.74 Å². The number of carbonyl (C=O) groups excluding carboxylic acids is 2. The number of rotatable bonds is 5. The molecular weight excluding hydrogens is 270 g/mol. The Kier molecular flexibility index (Phi) is 4.79. The van der Waals surface area contributed by atoms with Crippen molar-refractivity contribution >= 4 is 21.8 Å². The number of sulfonamides is 1. The summed E-state index contributed by atoms with van der Waals surface area (Å²) >= 11 is 0. The second-order valence-corrected chi connectivity index (χ2v) is 6.25. The number of hydrogen-bond acceptors (Lipinski definition) is 5. The third kappa shape index (κ3) is 3.87. The Balaban J connectivity index is 3.01. The van der Waals surface area contributed by atoms with Crippen LogP contribution in [-0.4, -0.2) is 45.2 Å². The van der Waals surface area contributed by atoms with Gasteiger partial charge in [0.25, 0.3) is 0 Å². The molecule has 1 rings (SSSR count). The van der Waals surface area contributed by atoms with Gasteiger partial charge in [-0.3, -0.25) is 4.79 Å². The van der Waals surface area contributed by atoms with Gasteiger partial charge in [-0.25, -0.2) is 17.5 Å². The summed E-state index contributed by atoms with van der Waals surface area (Å²) in [5.41, 5.74) is 0.0872. The molecule has 19 heavy (non-hydrogen) atoms. The zero-order valence-corrected chi connectivity index (χ0v) is 11.7. The topological polar surface area (TPSA) is 80.8 Å². The summed E-state index contributed by atoms with van der Waals surface area (Å²) in [6.45, 7) is 0.962. The van der Waals surface area contributed by atoms with Crippen LogP contribution < -0.4 is 0 Å². The number of carbonyl (C=O) groups is 2.